The van der Waals surface area contributed by atoms with E-state index in [1.54, 1.807) is 35.7 Å². The second-order valence-electron chi connectivity index (χ2n) is 9.16. The predicted molar refractivity (Wildman–Crippen MR) is 141 cm³/mol. The lowest BCUT2D eigenvalue weighted by Gasteiger charge is -2.34. The van der Waals surface area contributed by atoms with Crippen molar-refractivity contribution in [1.82, 2.24) is 10.6 Å². The molecular weight excluding hydrogens is 497 g/mol. The van der Waals surface area contributed by atoms with E-state index < -0.39 is 35.1 Å². The van der Waals surface area contributed by atoms with Crippen LogP contribution in [0.15, 0.2) is 60.0 Å². The standard InChI is InChI=1S/C27H30FN3O5S/c1-27(2,3)30-26(34)24(17-8-13-20(35-4)21(15-17)36-5)31(19-11-9-18(28)10-12-19)23(32)16-29-25(33)22-7-6-14-37-22/h6-15,24H,16H2,1-5H3,(H,29,33)(H,30,34)/t24-/m0/s1. The number of hydrogen-bond acceptors (Lipinski definition) is 6. The minimum Gasteiger partial charge on any atom is -0.493 e. The van der Waals surface area contributed by atoms with Gasteiger partial charge in [0, 0.05) is 11.2 Å². The van der Waals surface area contributed by atoms with Crippen LogP contribution in [0.25, 0.3) is 0 Å². The summed E-state index contributed by atoms with van der Waals surface area (Å²) in [5, 5.41) is 7.29. The van der Waals surface area contributed by atoms with Crippen molar-refractivity contribution in [3.05, 3.63) is 76.2 Å². The lowest BCUT2D eigenvalue weighted by molar-refractivity contribution is -0.127. The molecule has 1 heterocycles. The van der Waals surface area contributed by atoms with Gasteiger partial charge >= 0.3 is 0 Å². The highest BCUT2D eigenvalue weighted by Crippen LogP contribution is 2.34. The van der Waals surface area contributed by atoms with Gasteiger partial charge in [0.05, 0.1) is 25.6 Å². The van der Waals surface area contributed by atoms with Crippen LogP contribution >= 0.6 is 11.3 Å². The van der Waals surface area contributed by atoms with Crippen molar-refractivity contribution >= 4 is 34.7 Å². The van der Waals surface area contributed by atoms with Crippen LogP contribution in [0.1, 0.15) is 42.0 Å². The van der Waals surface area contributed by atoms with Crippen LogP contribution in [0.3, 0.4) is 0 Å². The number of carbonyl (C=O) groups excluding carboxylic acids is 3. The van der Waals surface area contributed by atoms with E-state index in [0.29, 0.717) is 21.9 Å². The molecule has 2 aromatic carbocycles. The number of amides is 3. The zero-order chi connectivity index (χ0) is 27.2. The molecule has 1 aromatic heterocycles. The van der Waals surface area contributed by atoms with Crippen LogP contribution < -0.4 is 25.0 Å². The number of ether oxygens (including phenoxy) is 2. The van der Waals surface area contributed by atoms with E-state index in [1.165, 1.54) is 54.7 Å². The van der Waals surface area contributed by atoms with Crippen molar-refractivity contribution in [2.45, 2.75) is 32.4 Å². The van der Waals surface area contributed by atoms with Gasteiger partial charge in [-0.15, -0.1) is 11.3 Å². The van der Waals surface area contributed by atoms with Gasteiger partial charge < -0.3 is 20.1 Å². The van der Waals surface area contributed by atoms with Crippen LogP contribution in [-0.2, 0) is 9.59 Å². The molecule has 196 valence electrons. The number of carbonyl (C=O) groups is 3. The number of nitrogens with one attached hydrogen (secondary N) is 2. The van der Waals surface area contributed by atoms with Crippen LogP contribution in [0.4, 0.5) is 10.1 Å². The van der Waals surface area contributed by atoms with Crippen LogP contribution in [0, 0.1) is 5.82 Å². The first kappa shape index (κ1) is 27.7. The van der Waals surface area contributed by atoms with Crippen LogP contribution in [-0.4, -0.2) is 44.0 Å². The Morgan fingerprint density at radius 3 is 2.24 bits per heavy atom. The summed E-state index contributed by atoms with van der Waals surface area (Å²) in [5.41, 5.74) is 0.0961. The Labute approximate surface area is 219 Å². The van der Waals surface area contributed by atoms with E-state index in [-0.39, 0.29) is 12.2 Å². The smallest absolute Gasteiger partial charge is 0.261 e. The van der Waals surface area contributed by atoms with Gasteiger partial charge in [-0.3, -0.25) is 19.3 Å². The maximum atomic E-state index is 13.8. The van der Waals surface area contributed by atoms with E-state index in [0.717, 1.165) is 0 Å². The predicted octanol–water partition coefficient (Wildman–Crippen LogP) is 4.32. The van der Waals surface area contributed by atoms with E-state index >= 15 is 0 Å². The summed E-state index contributed by atoms with van der Waals surface area (Å²) >= 11 is 1.24. The molecule has 10 heteroatoms. The minimum absolute atomic E-state index is 0.278. The molecule has 0 aliphatic heterocycles. The highest BCUT2D eigenvalue weighted by Gasteiger charge is 2.35. The molecule has 0 bridgehead atoms. The fourth-order valence-electron chi connectivity index (χ4n) is 3.65. The second-order valence-corrected chi connectivity index (χ2v) is 10.1. The molecule has 0 radical (unpaired) electrons. The van der Waals surface area contributed by atoms with Gasteiger partial charge in [0.15, 0.2) is 11.5 Å². The Morgan fingerprint density at radius 2 is 1.68 bits per heavy atom. The summed E-state index contributed by atoms with van der Waals surface area (Å²) in [6.07, 6.45) is 0. The van der Waals surface area contributed by atoms with Gasteiger partial charge in [-0.25, -0.2) is 4.39 Å². The van der Waals surface area contributed by atoms with Crippen LogP contribution in [0.5, 0.6) is 11.5 Å². The first-order valence-electron chi connectivity index (χ1n) is 11.5. The van der Waals surface area contributed by atoms with E-state index in [9.17, 15) is 18.8 Å². The molecule has 3 aromatic rings. The first-order valence-corrected chi connectivity index (χ1v) is 12.4. The summed E-state index contributed by atoms with van der Waals surface area (Å²) in [7, 11) is 2.96. The average Bonchev–Trinajstić information content (AvgIpc) is 3.40. The van der Waals surface area contributed by atoms with Crippen molar-refractivity contribution in [3.8, 4) is 11.5 Å². The lowest BCUT2D eigenvalue weighted by atomic mass is 10.00. The fraction of sp³-hybridized carbons (Fsp3) is 0.296. The molecule has 8 nitrogen and oxygen atoms in total. The van der Waals surface area contributed by atoms with Gasteiger partial charge in [0.1, 0.15) is 11.9 Å². The zero-order valence-electron chi connectivity index (χ0n) is 21.3. The largest absolute Gasteiger partial charge is 0.493 e. The molecule has 0 unspecified atom stereocenters. The quantitative estimate of drug-likeness (QED) is 0.432. The highest BCUT2D eigenvalue weighted by molar-refractivity contribution is 7.12. The number of halogens is 1. The molecule has 2 N–H and O–H groups in total. The van der Waals surface area contributed by atoms with Crippen molar-refractivity contribution in [2.24, 2.45) is 0 Å². The third-order valence-electron chi connectivity index (χ3n) is 5.25. The topological polar surface area (TPSA) is 97.0 Å². The number of thiophene rings is 1. The van der Waals surface area contributed by atoms with Gasteiger partial charge in [-0.2, -0.15) is 0 Å². The fourth-order valence-corrected chi connectivity index (χ4v) is 4.29. The number of rotatable bonds is 9. The maximum Gasteiger partial charge on any atom is 0.261 e. The Bertz CT molecular complexity index is 1240. The van der Waals surface area contributed by atoms with Crippen molar-refractivity contribution in [1.29, 1.82) is 0 Å². The highest BCUT2D eigenvalue weighted by atomic mass is 32.1. The number of methoxy groups -OCH3 is 2. The summed E-state index contributed by atoms with van der Waals surface area (Å²) in [6.45, 7) is 5.08. The third kappa shape index (κ3) is 7.07. The summed E-state index contributed by atoms with van der Waals surface area (Å²) in [5.74, 6) is -1.13. The maximum absolute atomic E-state index is 13.8. The van der Waals surface area contributed by atoms with E-state index in [2.05, 4.69) is 10.6 Å². The van der Waals surface area contributed by atoms with Crippen LogP contribution in [0.2, 0.25) is 0 Å². The first-order chi connectivity index (χ1) is 17.5. The second kappa shape index (κ2) is 11.9. The molecule has 3 amide bonds. The molecule has 0 aliphatic rings. The molecule has 0 saturated carbocycles. The zero-order valence-corrected chi connectivity index (χ0v) is 22.1. The number of benzene rings is 2. The van der Waals surface area contributed by atoms with Crippen molar-refractivity contribution < 1.29 is 28.2 Å². The summed E-state index contributed by atoms with van der Waals surface area (Å²) in [6, 6.07) is 12.3. The molecule has 0 fully saturated rings. The molecule has 0 spiro atoms. The van der Waals surface area contributed by atoms with E-state index in [1.807, 2.05) is 20.8 Å². The third-order valence-corrected chi connectivity index (χ3v) is 6.12. The molecule has 0 saturated heterocycles. The lowest BCUT2D eigenvalue weighted by Crippen LogP contribution is -2.51. The summed E-state index contributed by atoms with van der Waals surface area (Å²) in [4.78, 5) is 41.5. The van der Waals surface area contributed by atoms with Gasteiger partial charge in [0.25, 0.3) is 5.91 Å². The van der Waals surface area contributed by atoms with Gasteiger partial charge in [0.2, 0.25) is 11.8 Å². The number of hydrogen-bond donors (Lipinski definition) is 2. The summed E-state index contributed by atoms with van der Waals surface area (Å²) < 4.78 is 24.5. The molecular formula is C27H30FN3O5S. The Balaban J connectivity index is 2.08. The monoisotopic (exact) mass is 527 g/mol. The van der Waals surface area contributed by atoms with Gasteiger partial charge in [-0.05, 0) is 74.2 Å². The molecule has 1 atom stereocenters. The molecule has 37 heavy (non-hydrogen) atoms. The van der Waals surface area contributed by atoms with Crippen molar-refractivity contribution in [2.75, 3.05) is 25.7 Å². The van der Waals surface area contributed by atoms with E-state index in [4.69, 9.17) is 9.47 Å². The molecule has 3 rings (SSSR count). The van der Waals surface area contributed by atoms with Gasteiger partial charge in [-0.1, -0.05) is 12.1 Å². The Morgan fingerprint density at radius 1 is 1.00 bits per heavy atom. The Kier molecular flexibility index (Phi) is 8.88. The number of anilines is 1. The SMILES string of the molecule is COc1ccc([C@@H](C(=O)NC(C)(C)C)N(C(=O)CNC(=O)c2cccs2)c2ccc(F)cc2)cc1OC. The molecule has 0 aliphatic carbocycles. The normalized spacial score (nSPS) is 11.8. The number of nitrogens with zero attached hydrogens (tertiary/aromatic N) is 1. The van der Waals surface area contributed by atoms with Crippen molar-refractivity contribution in [3.63, 3.8) is 0 Å². The average molecular weight is 528 g/mol. The minimum atomic E-state index is -1.17. The Hall–Kier alpha value is -3.92.